The number of hydrogen-bond donors (Lipinski definition) is 1. The van der Waals surface area contributed by atoms with Crippen LogP contribution in [0.4, 0.5) is 24.5 Å². The van der Waals surface area contributed by atoms with Crippen LogP contribution in [0.3, 0.4) is 0 Å². The minimum absolute atomic E-state index is 0.0194. The van der Waals surface area contributed by atoms with E-state index in [1.807, 2.05) is 0 Å². The molecule has 0 aliphatic carbocycles. The second-order valence-electron chi connectivity index (χ2n) is 6.36. The summed E-state index contributed by atoms with van der Waals surface area (Å²) in [7, 11) is 0. The summed E-state index contributed by atoms with van der Waals surface area (Å²) in [5.74, 6) is -1.43. The largest absolute Gasteiger partial charge is 0.416 e. The van der Waals surface area contributed by atoms with Gasteiger partial charge in [0.05, 0.1) is 11.5 Å². The van der Waals surface area contributed by atoms with E-state index >= 15 is 0 Å². The van der Waals surface area contributed by atoms with Crippen LogP contribution in [-0.2, 0) is 15.8 Å². The molecule has 1 aliphatic rings. The van der Waals surface area contributed by atoms with E-state index in [-0.39, 0.29) is 24.6 Å². The Kier molecular flexibility index (Phi) is 5.15. The number of rotatable bonds is 3. The van der Waals surface area contributed by atoms with E-state index < -0.39 is 23.6 Å². The Hall–Kier alpha value is -2.54. The number of alkyl halides is 3. The van der Waals surface area contributed by atoms with Crippen molar-refractivity contribution in [2.24, 2.45) is 5.92 Å². The van der Waals surface area contributed by atoms with Crippen LogP contribution in [0, 0.1) is 12.8 Å². The number of hydrogen-bond acceptors (Lipinski definition) is 2. The third kappa shape index (κ3) is 4.08. The zero-order chi connectivity index (χ0) is 19.8. The zero-order valence-corrected chi connectivity index (χ0v) is 15.1. The molecule has 2 aromatic carbocycles. The van der Waals surface area contributed by atoms with Crippen LogP contribution in [0.15, 0.2) is 42.5 Å². The lowest BCUT2D eigenvalue weighted by Gasteiger charge is -2.18. The molecule has 1 N–H and O–H groups in total. The number of amides is 2. The second-order valence-corrected chi connectivity index (χ2v) is 6.76. The number of halogens is 4. The van der Waals surface area contributed by atoms with E-state index in [4.69, 9.17) is 11.6 Å². The zero-order valence-electron chi connectivity index (χ0n) is 14.3. The normalized spacial score (nSPS) is 17.3. The molecular formula is C19H16ClF3N2O2. The fourth-order valence-corrected chi connectivity index (χ4v) is 3.14. The lowest BCUT2D eigenvalue weighted by atomic mass is 10.1. The number of nitrogens with one attached hydrogen (secondary N) is 1. The average Bonchev–Trinajstić information content (AvgIpc) is 3.00. The van der Waals surface area contributed by atoms with Crippen LogP contribution >= 0.6 is 11.6 Å². The molecule has 3 rings (SSSR count). The van der Waals surface area contributed by atoms with Gasteiger partial charge in [0.15, 0.2) is 0 Å². The van der Waals surface area contributed by atoms with Gasteiger partial charge in [0.25, 0.3) is 0 Å². The number of carbonyl (C=O) groups excluding carboxylic acids is 2. The van der Waals surface area contributed by atoms with Gasteiger partial charge in [0.2, 0.25) is 11.8 Å². The smallest absolute Gasteiger partial charge is 0.325 e. The monoisotopic (exact) mass is 396 g/mol. The van der Waals surface area contributed by atoms with Gasteiger partial charge in [-0.1, -0.05) is 23.7 Å². The molecule has 4 nitrogen and oxygen atoms in total. The van der Waals surface area contributed by atoms with E-state index in [1.54, 1.807) is 25.1 Å². The minimum atomic E-state index is -4.50. The van der Waals surface area contributed by atoms with Gasteiger partial charge in [-0.25, -0.2) is 0 Å². The van der Waals surface area contributed by atoms with Gasteiger partial charge >= 0.3 is 6.18 Å². The highest BCUT2D eigenvalue weighted by molar-refractivity contribution is 6.31. The summed E-state index contributed by atoms with van der Waals surface area (Å²) < 4.78 is 38.7. The van der Waals surface area contributed by atoms with Crippen LogP contribution in [0.25, 0.3) is 0 Å². The molecule has 1 fully saturated rings. The van der Waals surface area contributed by atoms with E-state index in [0.29, 0.717) is 16.3 Å². The summed E-state index contributed by atoms with van der Waals surface area (Å²) in [5, 5.41) is 3.24. The van der Waals surface area contributed by atoms with Crippen LogP contribution in [0.5, 0.6) is 0 Å². The van der Waals surface area contributed by atoms with Crippen molar-refractivity contribution in [3.05, 3.63) is 58.6 Å². The molecule has 8 heteroatoms. The van der Waals surface area contributed by atoms with Gasteiger partial charge in [-0.05, 0) is 42.8 Å². The summed E-state index contributed by atoms with van der Waals surface area (Å²) in [5.41, 5.74) is 0.531. The first kappa shape index (κ1) is 19.2. The molecule has 2 aromatic rings. The third-order valence-electron chi connectivity index (χ3n) is 4.51. The van der Waals surface area contributed by atoms with Crippen molar-refractivity contribution in [3.63, 3.8) is 0 Å². The Morgan fingerprint density at radius 3 is 2.63 bits per heavy atom. The number of benzene rings is 2. The fraction of sp³-hybridized carbons (Fsp3) is 0.263. The topological polar surface area (TPSA) is 49.4 Å². The van der Waals surface area contributed by atoms with E-state index in [2.05, 4.69) is 5.32 Å². The predicted octanol–water partition coefficient (Wildman–Crippen LogP) is 4.66. The molecule has 0 unspecified atom stereocenters. The van der Waals surface area contributed by atoms with Crippen LogP contribution in [-0.4, -0.2) is 18.4 Å². The molecule has 0 spiro atoms. The molecule has 2 amide bonds. The average molecular weight is 397 g/mol. The Bertz CT molecular complexity index is 899. The highest BCUT2D eigenvalue weighted by Gasteiger charge is 2.37. The summed E-state index contributed by atoms with van der Waals surface area (Å²) in [6, 6.07) is 9.61. The number of anilines is 2. The first-order valence-corrected chi connectivity index (χ1v) is 8.58. The van der Waals surface area contributed by atoms with Gasteiger partial charge in [0.1, 0.15) is 0 Å². The molecule has 142 valence electrons. The van der Waals surface area contributed by atoms with Crippen molar-refractivity contribution in [2.45, 2.75) is 19.5 Å². The second kappa shape index (κ2) is 7.23. The van der Waals surface area contributed by atoms with Crippen molar-refractivity contribution < 1.29 is 22.8 Å². The molecule has 1 heterocycles. The molecule has 0 aromatic heterocycles. The molecular weight excluding hydrogens is 381 g/mol. The molecule has 1 aliphatic heterocycles. The fourth-order valence-electron chi connectivity index (χ4n) is 2.96. The molecule has 1 atom stereocenters. The van der Waals surface area contributed by atoms with E-state index in [9.17, 15) is 22.8 Å². The van der Waals surface area contributed by atoms with Gasteiger partial charge < -0.3 is 10.2 Å². The SMILES string of the molecule is Cc1c(Cl)cccc1NC(=O)[C@H]1CC(=O)N(c2cccc(C(F)(F)F)c2)C1. The van der Waals surface area contributed by atoms with Crippen LogP contribution in [0.2, 0.25) is 5.02 Å². The van der Waals surface area contributed by atoms with Crippen molar-refractivity contribution in [1.82, 2.24) is 0 Å². The maximum atomic E-state index is 12.9. The summed E-state index contributed by atoms with van der Waals surface area (Å²) in [4.78, 5) is 26.0. The quantitative estimate of drug-likeness (QED) is 0.820. The van der Waals surface area contributed by atoms with Crippen molar-refractivity contribution in [2.75, 3.05) is 16.8 Å². The first-order chi connectivity index (χ1) is 12.7. The molecule has 1 saturated heterocycles. The Balaban J connectivity index is 1.75. The number of nitrogens with zero attached hydrogens (tertiary/aromatic N) is 1. The first-order valence-electron chi connectivity index (χ1n) is 8.20. The Labute approximate surface area is 158 Å². The maximum absolute atomic E-state index is 12.9. The minimum Gasteiger partial charge on any atom is -0.325 e. The summed E-state index contributed by atoms with van der Waals surface area (Å²) in [6.45, 7) is 1.78. The Morgan fingerprint density at radius 2 is 1.93 bits per heavy atom. The molecule has 27 heavy (non-hydrogen) atoms. The highest BCUT2D eigenvalue weighted by atomic mass is 35.5. The summed E-state index contributed by atoms with van der Waals surface area (Å²) in [6.07, 6.45) is -4.57. The summed E-state index contributed by atoms with van der Waals surface area (Å²) >= 11 is 6.03. The predicted molar refractivity (Wildman–Crippen MR) is 96.7 cm³/mol. The Morgan fingerprint density at radius 1 is 1.22 bits per heavy atom. The highest BCUT2D eigenvalue weighted by Crippen LogP contribution is 2.34. The van der Waals surface area contributed by atoms with E-state index in [1.165, 1.54) is 17.0 Å². The van der Waals surface area contributed by atoms with Crippen LogP contribution < -0.4 is 10.2 Å². The van der Waals surface area contributed by atoms with Crippen molar-refractivity contribution in [1.29, 1.82) is 0 Å². The van der Waals surface area contributed by atoms with E-state index in [0.717, 1.165) is 12.1 Å². The molecule has 0 radical (unpaired) electrons. The molecule has 0 bridgehead atoms. The van der Waals surface area contributed by atoms with Gasteiger partial charge in [-0.15, -0.1) is 0 Å². The lowest BCUT2D eigenvalue weighted by molar-refractivity contribution is -0.137. The third-order valence-corrected chi connectivity index (χ3v) is 4.92. The van der Waals surface area contributed by atoms with Crippen molar-refractivity contribution >= 4 is 34.8 Å². The standard InChI is InChI=1S/C19H16ClF3N2O2/c1-11-15(20)6-3-7-16(11)24-18(27)12-8-17(26)25(10-12)14-5-2-4-13(9-14)19(21,22)23/h2-7,9,12H,8,10H2,1H3,(H,24,27)/t12-/m0/s1. The van der Waals surface area contributed by atoms with Crippen molar-refractivity contribution in [3.8, 4) is 0 Å². The number of carbonyl (C=O) groups is 2. The molecule has 0 saturated carbocycles. The maximum Gasteiger partial charge on any atom is 0.416 e. The van der Waals surface area contributed by atoms with Gasteiger partial charge in [0, 0.05) is 29.4 Å². The van der Waals surface area contributed by atoms with Gasteiger partial charge in [-0.2, -0.15) is 13.2 Å². The van der Waals surface area contributed by atoms with Gasteiger partial charge in [-0.3, -0.25) is 9.59 Å². The van der Waals surface area contributed by atoms with Crippen LogP contribution in [0.1, 0.15) is 17.5 Å². The lowest BCUT2D eigenvalue weighted by Crippen LogP contribution is -2.28.